The molecule has 1 N–H and O–H groups in total. The maximum absolute atomic E-state index is 12.3. The van der Waals surface area contributed by atoms with E-state index in [-0.39, 0.29) is 18.1 Å². The van der Waals surface area contributed by atoms with E-state index in [4.69, 9.17) is 14.7 Å². The number of nitrogens with one attached hydrogen (secondary N) is 1. The summed E-state index contributed by atoms with van der Waals surface area (Å²) >= 11 is 0. The van der Waals surface area contributed by atoms with Crippen LogP contribution >= 0.6 is 0 Å². The molecule has 0 aliphatic heterocycles. The summed E-state index contributed by atoms with van der Waals surface area (Å²) in [6.07, 6.45) is 3.44. The van der Waals surface area contributed by atoms with Crippen LogP contribution in [0.4, 0.5) is 0 Å². The van der Waals surface area contributed by atoms with E-state index in [2.05, 4.69) is 21.6 Å². The Balaban J connectivity index is 1.51. The van der Waals surface area contributed by atoms with E-state index in [9.17, 15) is 4.79 Å². The molecule has 7 nitrogen and oxygen atoms in total. The molecule has 146 valence electrons. The van der Waals surface area contributed by atoms with E-state index in [1.165, 1.54) is 0 Å². The molecule has 1 aromatic carbocycles. The fourth-order valence-electron chi connectivity index (χ4n) is 3.24. The summed E-state index contributed by atoms with van der Waals surface area (Å²) in [7, 11) is 0. The van der Waals surface area contributed by atoms with E-state index in [0.29, 0.717) is 29.4 Å². The standard InChI is InChI=1S/C21H24N4O3/c1-3-27-20-12-18(8-5-15(20)13-22)28-17-9-6-16(7-10-17)23-21(26)19-11-4-14(2)24-25-19/h4-5,8,11-12,16-17H,3,6-7,9-10H2,1-2H3,(H,23,26)/t16-,17-. The lowest BCUT2D eigenvalue weighted by molar-refractivity contribution is 0.0887. The number of aromatic nitrogens is 2. The third kappa shape index (κ3) is 4.97. The smallest absolute Gasteiger partial charge is 0.272 e. The Morgan fingerprint density at radius 1 is 1.21 bits per heavy atom. The van der Waals surface area contributed by atoms with E-state index < -0.39 is 0 Å². The summed E-state index contributed by atoms with van der Waals surface area (Å²) in [6, 6.07) is 11.0. The summed E-state index contributed by atoms with van der Waals surface area (Å²) in [5.74, 6) is 1.05. The highest BCUT2D eigenvalue weighted by atomic mass is 16.5. The van der Waals surface area contributed by atoms with Crippen LogP contribution in [0.5, 0.6) is 11.5 Å². The van der Waals surface area contributed by atoms with Crippen molar-refractivity contribution in [3.8, 4) is 17.6 Å². The van der Waals surface area contributed by atoms with Gasteiger partial charge in [0.25, 0.3) is 5.91 Å². The van der Waals surface area contributed by atoms with Gasteiger partial charge in [0.2, 0.25) is 0 Å². The number of nitriles is 1. The van der Waals surface area contributed by atoms with Crippen LogP contribution in [0, 0.1) is 18.3 Å². The molecular weight excluding hydrogens is 356 g/mol. The average Bonchev–Trinajstić information content (AvgIpc) is 2.70. The first-order valence-electron chi connectivity index (χ1n) is 9.54. The van der Waals surface area contributed by atoms with Gasteiger partial charge in [-0.3, -0.25) is 4.79 Å². The van der Waals surface area contributed by atoms with Gasteiger partial charge in [0.1, 0.15) is 17.6 Å². The zero-order valence-corrected chi connectivity index (χ0v) is 16.1. The molecule has 0 radical (unpaired) electrons. The highest BCUT2D eigenvalue weighted by molar-refractivity contribution is 5.92. The lowest BCUT2D eigenvalue weighted by atomic mass is 9.92. The van der Waals surface area contributed by atoms with Gasteiger partial charge >= 0.3 is 0 Å². The molecule has 1 aliphatic rings. The van der Waals surface area contributed by atoms with Crippen molar-refractivity contribution in [1.82, 2.24) is 15.5 Å². The maximum atomic E-state index is 12.3. The second-order valence-electron chi connectivity index (χ2n) is 6.83. The molecule has 0 spiro atoms. The van der Waals surface area contributed by atoms with Crippen LogP contribution in [0.15, 0.2) is 30.3 Å². The molecule has 1 amide bonds. The molecule has 7 heteroatoms. The van der Waals surface area contributed by atoms with Crippen LogP contribution in [0.25, 0.3) is 0 Å². The Kier molecular flexibility index (Phi) is 6.43. The molecule has 28 heavy (non-hydrogen) atoms. The van der Waals surface area contributed by atoms with Gasteiger partial charge in [0.05, 0.1) is 24.0 Å². The molecule has 2 aromatic rings. The first kappa shape index (κ1) is 19.6. The summed E-state index contributed by atoms with van der Waals surface area (Å²) in [5.41, 5.74) is 1.62. The van der Waals surface area contributed by atoms with Crippen molar-refractivity contribution in [1.29, 1.82) is 5.26 Å². The fraction of sp³-hybridized carbons (Fsp3) is 0.429. The van der Waals surface area contributed by atoms with Crippen molar-refractivity contribution in [2.75, 3.05) is 6.61 Å². The number of carbonyl (C=O) groups excluding carboxylic acids is 1. The van der Waals surface area contributed by atoms with Crippen molar-refractivity contribution in [2.24, 2.45) is 0 Å². The van der Waals surface area contributed by atoms with E-state index in [0.717, 1.165) is 31.4 Å². The van der Waals surface area contributed by atoms with Gasteiger partial charge in [-0.1, -0.05) is 0 Å². The van der Waals surface area contributed by atoms with E-state index >= 15 is 0 Å². The molecule has 0 unspecified atom stereocenters. The minimum absolute atomic E-state index is 0.0785. The van der Waals surface area contributed by atoms with Crippen LogP contribution < -0.4 is 14.8 Å². The normalized spacial score (nSPS) is 18.8. The molecule has 0 saturated heterocycles. The minimum Gasteiger partial charge on any atom is -0.492 e. The number of ether oxygens (including phenoxy) is 2. The zero-order valence-electron chi connectivity index (χ0n) is 16.1. The lowest BCUT2D eigenvalue weighted by Crippen LogP contribution is -2.40. The molecule has 0 bridgehead atoms. The first-order valence-corrected chi connectivity index (χ1v) is 9.54. The third-order valence-electron chi connectivity index (χ3n) is 4.72. The van der Waals surface area contributed by atoms with Gasteiger partial charge in [0.15, 0.2) is 5.69 Å². The van der Waals surface area contributed by atoms with Gasteiger partial charge in [-0.15, -0.1) is 5.10 Å². The first-order chi connectivity index (χ1) is 13.6. The van der Waals surface area contributed by atoms with Crippen molar-refractivity contribution >= 4 is 5.91 Å². The summed E-state index contributed by atoms with van der Waals surface area (Å²) in [6.45, 7) is 4.21. The van der Waals surface area contributed by atoms with Crippen LogP contribution in [0.3, 0.4) is 0 Å². The number of aryl methyl sites for hydroxylation is 1. The molecule has 1 heterocycles. The number of hydrogen-bond acceptors (Lipinski definition) is 6. The third-order valence-corrected chi connectivity index (χ3v) is 4.72. The Hall–Kier alpha value is -3.14. The van der Waals surface area contributed by atoms with Crippen molar-refractivity contribution in [2.45, 2.75) is 51.7 Å². The quantitative estimate of drug-likeness (QED) is 0.827. The molecule has 1 saturated carbocycles. The van der Waals surface area contributed by atoms with Gasteiger partial charge in [0, 0.05) is 12.1 Å². The highest BCUT2D eigenvalue weighted by Crippen LogP contribution is 2.28. The Morgan fingerprint density at radius 2 is 2.00 bits per heavy atom. The number of nitrogens with zero attached hydrogens (tertiary/aromatic N) is 3. The fourth-order valence-corrected chi connectivity index (χ4v) is 3.24. The summed E-state index contributed by atoms with van der Waals surface area (Å²) < 4.78 is 11.6. The topological polar surface area (TPSA) is 97.1 Å². The van der Waals surface area contributed by atoms with E-state index in [1.54, 1.807) is 30.3 Å². The van der Waals surface area contributed by atoms with E-state index in [1.807, 2.05) is 13.8 Å². The minimum atomic E-state index is -0.190. The number of benzene rings is 1. The van der Waals surface area contributed by atoms with Crippen LogP contribution in [-0.2, 0) is 0 Å². The zero-order chi connectivity index (χ0) is 19.9. The van der Waals surface area contributed by atoms with Gasteiger partial charge in [-0.2, -0.15) is 10.4 Å². The maximum Gasteiger partial charge on any atom is 0.272 e. The predicted molar refractivity (Wildman–Crippen MR) is 103 cm³/mol. The number of carbonyl (C=O) groups is 1. The van der Waals surface area contributed by atoms with Crippen molar-refractivity contribution < 1.29 is 14.3 Å². The number of amides is 1. The van der Waals surface area contributed by atoms with Crippen LogP contribution in [0.2, 0.25) is 0 Å². The molecule has 1 fully saturated rings. The monoisotopic (exact) mass is 380 g/mol. The molecule has 1 aromatic heterocycles. The molecule has 1 aliphatic carbocycles. The largest absolute Gasteiger partial charge is 0.492 e. The highest BCUT2D eigenvalue weighted by Gasteiger charge is 2.24. The Labute approximate surface area is 164 Å². The van der Waals surface area contributed by atoms with Crippen molar-refractivity contribution in [3.05, 3.63) is 47.3 Å². The van der Waals surface area contributed by atoms with Crippen LogP contribution in [-0.4, -0.2) is 34.9 Å². The number of rotatable bonds is 6. The molecule has 0 atom stereocenters. The average molecular weight is 380 g/mol. The SMILES string of the molecule is CCOc1cc(O[C@H]2CC[C@H](NC(=O)c3ccc(C)nn3)CC2)ccc1C#N. The second-order valence-corrected chi connectivity index (χ2v) is 6.83. The van der Waals surface area contributed by atoms with Gasteiger partial charge in [-0.25, -0.2) is 0 Å². The van der Waals surface area contributed by atoms with Gasteiger partial charge < -0.3 is 14.8 Å². The summed E-state index contributed by atoms with van der Waals surface area (Å²) in [5, 5.41) is 20.0. The molecule has 3 rings (SSSR count). The van der Waals surface area contributed by atoms with Crippen LogP contribution in [0.1, 0.15) is 54.4 Å². The Bertz CT molecular complexity index is 853. The molecular formula is C21H24N4O3. The van der Waals surface area contributed by atoms with Gasteiger partial charge in [-0.05, 0) is 63.8 Å². The van der Waals surface area contributed by atoms with Crippen molar-refractivity contribution in [3.63, 3.8) is 0 Å². The Morgan fingerprint density at radius 3 is 2.64 bits per heavy atom. The lowest BCUT2D eigenvalue weighted by Gasteiger charge is -2.29. The predicted octanol–water partition coefficient (Wildman–Crippen LogP) is 3.18. The number of hydrogen-bond donors (Lipinski definition) is 1. The summed E-state index contributed by atoms with van der Waals surface area (Å²) in [4.78, 5) is 12.3. The second kappa shape index (κ2) is 9.18.